The number of rotatable bonds is 2. The van der Waals surface area contributed by atoms with Gasteiger partial charge in [-0.05, 0) is 23.7 Å². The molecule has 0 aromatic rings. The predicted octanol–water partition coefficient (Wildman–Crippen LogP) is 2.91. The van der Waals surface area contributed by atoms with Gasteiger partial charge < -0.3 is 10.2 Å². The first kappa shape index (κ1) is 40.4. The molecule has 33 heavy (non-hydrogen) atoms. The molecule has 0 radical (unpaired) electrons. The number of ketones is 2. The Balaban J connectivity index is -0.000000124. The summed E-state index contributed by atoms with van der Waals surface area (Å²) >= 11 is 0. The Kier molecular flexibility index (Phi) is 20.4. The zero-order valence-corrected chi connectivity index (χ0v) is 16.5. The van der Waals surface area contributed by atoms with E-state index in [1.165, 1.54) is 13.8 Å². The molecule has 0 saturated carbocycles. The number of halogens is 12. The van der Waals surface area contributed by atoms with Crippen molar-refractivity contribution in [3.05, 3.63) is 23.7 Å². The standard InChI is InChI=1S/2C5H2F6O2.2C2H3N.Ni/c2*6-4(7,8)2(12)1-3(13)5(9,10)11;2*1-2-3;/h2*1,12H;2*1H3;/q;;;;+2/p-2/b2*2-1-;;;. The average molecular weight is 555 g/mol. The van der Waals surface area contributed by atoms with Crippen LogP contribution in [0.15, 0.2) is 23.7 Å². The van der Waals surface area contributed by atoms with Crippen LogP contribution in [0.25, 0.3) is 0 Å². The second-order valence-corrected chi connectivity index (χ2v) is 4.18. The molecule has 0 aromatic carbocycles. The Labute approximate surface area is 186 Å². The Morgan fingerprint density at radius 1 is 0.606 bits per heavy atom. The first-order valence-corrected chi connectivity index (χ1v) is 6.69. The van der Waals surface area contributed by atoms with E-state index in [4.69, 9.17) is 10.5 Å². The van der Waals surface area contributed by atoms with Crippen molar-refractivity contribution in [2.75, 3.05) is 0 Å². The molecule has 0 spiro atoms. The summed E-state index contributed by atoms with van der Waals surface area (Å²) in [7, 11) is 0. The van der Waals surface area contributed by atoms with E-state index in [0.717, 1.165) is 0 Å². The van der Waals surface area contributed by atoms with Crippen molar-refractivity contribution in [2.45, 2.75) is 38.6 Å². The van der Waals surface area contributed by atoms with Crippen molar-refractivity contribution in [1.29, 1.82) is 10.5 Å². The number of hydrogen-bond donors (Lipinski definition) is 0. The number of alkyl halides is 12. The van der Waals surface area contributed by atoms with Gasteiger partial charge in [0, 0.05) is 13.8 Å². The van der Waals surface area contributed by atoms with Crippen LogP contribution < -0.4 is 10.2 Å². The molecule has 0 rings (SSSR count). The molecule has 0 unspecified atom stereocenters. The number of nitrogens with zero attached hydrogens (tertiary/aromatic N) is 2. The van der Waals surface area contributed by atoms with Crippen LogP contribution in [0, 0.1) is 22.7 Å². The maximum atomic E-state index is 11.3. The second kappa shape index (κ2) is 16.7. The van der Waals surface area contributed by atoms with Gasteiger partial charge in [0.25, 0.3) is 11.6 Å². The zero-order valence-electron chi connectivity index (χ0n) is 15.5. The maximum Gasteiger partial charge on any atom is 2.00 e. The molecule has 0 bridgehead atoms. The summed E-state index contributed by atoms with van der Waals surface area (Å²) in [5, 5.41) is 34.3. The fourth-order valence-corrected chi connectivity index (χ4v) is 0.565. The van der Waals surface area contributed by atoms with Gasteiger partial charge in [-0.15, -0.1) is 0 Å². The van der Waals surface area contributed by atoms with Crippen molar-refractivity contribution in [1.82, 2.24) is 0 Å². The van der Waals surface area contributed by atoms with E-state index >= 15 is 0 Å². The quantitative estimate of drug-likeness (QED) is 0.223. The van der Waals surface area contributed by atoms with E-state index in [-0.39, 0.29) is 16.5 Å². The minimum absolute atomic E-state index is 0. The number of allylic oxidation sites excluding steroid dienone is 4. The average Bonchev–Trinajstić information content (AvgIpc) is 2.53. The molecule has 0 aliphatic rings. The summed E-state index contributed by atoms with van der Waals surface area (Å²) in [6.45, 7) is 2.86. The van der Waals surface area contributed by atoms with Gasteiger partial charge in [0.15, 0.2) is 0 Å². The molecule has 192 valence electrons. The maximum absolute atomic E-state index is 11.3. The molecule has 0 aliphatic carbocycles. The summed E-state index contributed by atoms with van der Waals surface area (Å²) in [4.78, 5) is 19.6. The van der Waals surface area contributed by atoms with Crippen molar-refractivity contribution in [2.24, 2.45) is 0 Å². The fourth-order valence-electron chi connectivity index (χ4n) is 0.565. The third-order valence-corrected chi connectivity index (χ3v) is 1.64. The van der Waals surface area contributed by atoms with Crippen molar-refractivity contribution >= 4 is 11.6 Å². The SMILES string of the molecule is CC#N.CC#N.O=C(/C=C(\[O-])C(F)(F)F)C(F)(F)F.O=C(/C=C(\[O-])C(F)(F)F)C(F)(F)F.[Ni+2]. The number of carbonyl (C=O) groups excluding carboxylic acids is 2. The van der Waals surface area contributed by atoms with Crippen LogP contribution in [0.4, 0.5) is 52.7 Å². The third kappa shape index (κ3) is 25.2. The molecule has 0 heterocycles. The van der Waals surface area contributed by atoms with E-state index < -0.39 is 59.9 Å². The van der Waals surface area contributed by atoms with E-state index in [1.54, 1.807) is 12.1 Å². The molecule has 0 aliphatic heterocycles. The van der Waals surface area contributed by atoms with Crippen LogP contribution in [0.2, 0.25) is 0 Å². The van der Waals surface area contributed by atoms with Crippen molar-refractivity contribution in [3.63, 3.8) is 0 Å². The molecule has 0 fully saturated rings. The minimum Gasteiger partial charge on any atom is -0.869 e. The molecular weight excluding hydrogens is 547 g/mol. The van der Waals surface area contributed by atoms with Crippen LogP contribution in [0.5, 0.6) is 0 Å². The molecule has 19 heteroatoms. The molecule has 0 amide bonds. The summed E-state index contributed by atoms with van der Waals surface area (Å²) in [5.41, 5.74) is 0. The molecule has 0 N–H and O–H groups in total. The van der Waals surface area contributed by atoms with Gasteiger partial charge in [-0.1, -0.05) is 0 Å². The van der Waals surface area contributed by atoms with Crippen molar-refractivity contribution in [3.8, 4) is 12.1 Å². The number of carbonyl (C=O) groups is 2. The van der Waals surface area contributed by atoms with Crippen LogP contribution in [0.3, 0.4) is 0 Å². The van der Waals surface area contributed by atoms with Crippen LogP contribution >= 0.6 is 0 Å². The second-order valence-electron chi connectivity index (χ2n) is 4.18. The van der Waals surface area contributed by atoms with Crippen LogP contribution in [0.1, 0.15) is 13.8 Å². The Morgan fingerprint density at radius 3 is 0.848 bits per heavy atom. The number of nitriles is 2. The largest absolute Gasteiger partial charge is 2.00 e. The molecule has 0 aromatic heterocycles. The van der Waals surface area contributed by atoms with Crippen LogP contribution in [-0.2, 0) is 26.1 Å². The van der Waals surface area contributed by atoms with Gasteiger partial charge >= 0.3 is 41.2 Å². The third-order valence-electron chi connectivity index (χ3n) is 1.64. The Morgan fingerprint density at radius 2 is 0.758 bits per heavy atom. The fraction of sp³-hybridized carbons (Fsp3) is 0.429. The van der Waals surface area contributed by atoms with Gasteiger partial charge in [-0.3, -0.25) is 9.59 Å². The molecular formula is C14H8F12N2NiO4. The normalized spacial score (nSPS) is 11.9. The van der Waals surface area contributed by atoms with E-state index in [9.17, 15) is 72.5 Å². The first-order chi connectivity index (χ1) is 13.9. The minimum atomic E-state index is -5.46. The number of hydrogen-bond acceptors (Lipinski definition) is 6. The van der Waals surface area contributed by atoms with Gasteiger partial charge in [0.2, 0.25) is 0 Å². The zero-order chi connectivity index (χ0) is 27.1. The predicted molar refractivity (Wildman–Crippen MR) is 73.0 cm³/mol. The molecule has 0 atom stereocenters. The molecule has 0 saturated heterocycles. The topological polar surface area (TPSA) is 128 Å². The Hall–Kier alpha value is -2.95. The van der Waals surface area contributed by atoms with E-state index in [0.29, 0.717) is 0 Å². The Bertz CT molecular complexity index is 687. The smallest absolute Gasteiger partial charge is 0.869 e. The van der Waals surface area contributed by atoms with Gasteiger partial charge in [-0.25, -0.2) is 0 Å². The monoisotopic (exact) mass is 554 g/mol. The van der Waals surface area contributed by atoms with E-state index in [1.807, 2.05) is 0 Å². The van der Waals surface area contributed by atoms with Crippen LogP contribution in [-0.4, -0.2) is 36.3 Å². The first-order valence-electron chi connectivity index (χ1n) is 6.69. The van der Waals surface area contributed by atoms with E-state index in [2.05, 4.69) is 0 Å². The van der Waals surface area contributed by atoms with Crippen molar-refractivity contribution < 1.29 is 89.0 Å². The summed E-state index contributed by atoms with van der Waals surface area (Å²) < 4.78 is 136. The summed E-state index contributed by atoms with van der Waals surface area (Å²) in [6, 6.07) is 3.50. The van der Waals surface area contributed by atoms with Gasteiger partial charge in [0.1, 0.15) is 0 Å². The molecule has 6 nitrogen and oxygen atoms in total. The summed E-state index contributed by atoms with van der Waals surface area (Å²) in [5.74, 6) is -11.3. The van der Waals surface area contributed by atoms with Gasteiger partial charge in [-0.2, -0.15) is 63.2 Å². The summed E-state index contributed by atoms with van der Waals surface area (Å²) in [6.07, 6.45) is -23.9. The van der Waals surface area contributed by atoms with Gasteiger partial charge in [0.05, 0.1) is 12.1 Å².